The molecular formula is C23H20N4O2S. The Kier molecular flexibility index (Phi) is 4.80. The summed E-state index contributed by atoms with van der Waals surface area (Å²) in [4.78, 5) is 31.8. The van der Waals surface area contributed by atoms with E-state index in [0.29, 0.717) is 18.5 Å². The quantitative estimate of drug-likeness (QED) is 0.523. The third-order valence-electron chi connectivity index (χ3n) is 5.29. The second kappa shape index (κ2) is 7.76. The van der Waals surface area contributed by atoms with Crippen LogP contribution in [0.1, 0.15) is 28.8 Å². The number of thiazole rings is 1. The van der Waals surface area contributed by atoms with Gasteiger partial charge < -0.3 is 10.2 Å². The van der Waals surface area contributed by atoms with Crippen LogP contribution in [0.5, 0.6) is 0 Å². The van der Waals surface area contributed by atoms with Gasteiger partial charge in [0.05, 0.1) is 5.69 Å². The fourth-order valence-electron chi connectivity index (χ4n) is 3.65. The zero-order chi connectivity index (χ0) is 20.5. The summed E-state index contributed by atoms with van der Waals surface area (Å²) in [6, 6.07) is 15.1. The Morgan fingerprint density at radius 1 is 1.10 bits per heavy atom. The fourth-order valence-corrected chi connectivity index (χ4v) is 4.35. The number of aromatic nitrogens is 2. The van der Waals surface area contributed by atoms with Crippen molar-refractivity contribution in [1.29, 1.82) is 0 Å². The van der Waals surface area contributed by atoms with E-state index in [9.17, 15) is 9.59 Å². The Morgan fingerprint density at radius 2 is 1.90 bits per heavy atom. The van der Waals surface area contributed by atoms with Crippen LogP contribution in [0.4, 0.5) is 5.69 Å². The van der Waals surface area contributed by atoms with E-state index in [1.54, 1.807) is 23.5 Å². The summed E-state index contributed by atoms with van der Waals surface area (Å²) < 4.78 is 2.00. The number of likely N-dealkylation sites (tertiary alicyclic amines) is 1. The number of carbonyl (C=O) groups is 2. The average Bonchev–Trinajstić information content (AvgIpc) is 3.46. The molecule has 3 heterocycles. The lowest BCUT2D eigenvalue weighted by atomic mass is 10.1. The van der Waals surface area contributed by atoms with Gasteiger partial charge in [0.1, 0.15) is 0 Å². The molecule has 2 aromatic heterocycles. The molecular weight excluding hydrogens is 396 g/mol. The highest BCUT2D eigenvalue weighted by molar-refractivity contribution is 7.15. The van der Waals surface area contributed by atoms with Crippen LogP contribution < -0.4 is 5.32 Å². The molecule has 0 atom stereocenters. The summed E-state index contributed by atoms with van der Waals surface area (Å²) in [6.07, 6.45) is 5.55. The number of rotatable bonds is 5. The Morgan fingerprint density at radius 3 is 2.60 bits per heavy atom. The van der Waals surface area contributed by atoms with Gasteiger partial charge in [0.25, 0.3) is 5.91 Å². The van der Waals surface area contributed by atoms with Gasteiger partial charge in [-0.3, -0.25) is 14.0 Å². The number of hydrogen-bond donors (Lipinski definition) is 1. The van der Waals surface area contributed by atoms with Gasteiger partial charge in [0, 0.05) is 54.1 Å². The molecule has 1 N–H and O–H groups in total. The minimum Gasteiger partial charge on any atom is -0.338 e. The Hall–Kier alpha value is -3.45. The molecule has 0 spiro atoms. The van der Waals surface area contributed by atoms with E-state index < -0.39 is 0 Å². The third kappa shape index (κ3) is 3.71. The number of nitrogens with zero attached hydrogens (tertiary/aromatic N) is 3. The highest BCUT2D eigenvalue weighted by Gasteiger charge is 2.20. The maximum Gasteiger partial charge on any atom is 0.255 e. The topological polar surface area (TPSA) is 66.7 Å². The zero-order valence-corrected chi connectivity index (χ0v) is 17.1. The second-order valence-corrected chi connectivity index (χ2v) is 8.24. The number of carbonyl (C=O) groups excluding carboxylic acids is 2. The zero-order valence-electron chi connectivity index (χ0n) is 16.2. The van der Waals surface area contributed by atoms with Gasteiger partial charge in [-0.25, -0.2) is 4.98 Å². The summed E-state index contributed by atoms with van der Waals surface area (Å²) in [5.74, 6) is 0.0460. The van der Waals surface area contributed by atoms with Crippen LogP contribution in [-0.4, -0.2) is 32.6 Å². The smallest absolute Gasteiger partial charge is 0.255 e. The second-order valence-electron chi connectivity index (χ2n) is 7.37. The first-order chi connectivity index (χ1) is 14.7. The summed E-state index contributed by atoms with van der Waals surface area (Å²) >= 11 is 1.60. The largest absolute Gasteiger partial charge is 0.338 e. The van der Waals surface area contributed by atoms with Crippen LogP contribution in [0.15, 0.2) is 66.3 Å². The van der Waals surface area contributed by atoms with Crippen molar-refractivity contribution in [3.63, 3.8) is 0 Å². The molecule has 0 radical (unpaired) electrons. The van der Waals surface area contributed by atoms with Crippen LogP contribution in [0.25, 0.3) is 16.2 Å². The Labute approximate surface area is 177 Å². The molecule has 1 aliphatic rings. The lowest BCUT2D eigenvalue weighted by molar-refractivity contribution is -0.128. The molecule has 0 unspecified atom stereocenters. The standard InChI is InChI=1S/C23H20N4O2S/c28-21-2-1-11-26(21)14-16-3-5-18(6-4-16)22(29)24-19-9-7-17(8-10-19)20-15-27-12-13-30-23(27)25-20/h3-10,12-13,15H,1-2,11,14H2,(H,24,29). The lowest BCUT2D eigenvalue weighted by Gasteiger charge is -2.15. The van der Waals surface area contributed by atoms with Crippen molar-refractivity contribution in [3.05, 3.63) is 77.4 Å². The predicted molar refractivity (Wildman–Crippen MR) is 118 cm³/mol. The minimum absolute atomic E-state index is 0.158. The van der Waals surface area contributed by atoms with E-state index in [-0.39, 0.29) is 11.8 Å². The number of anilines is 1. The monoisotopic (exact) mass is 416 g/mol. The molecule has 1 saturated heterocycles. The maximum atomic E-state index is 12.6. The fraction of sp³-hybridized carbons (Fsp3) is 0.174. The number of benzene rings is 2. The molecule has 2 amide bonds. The van der Waals surface area contributed by atoms with Gasteiger partial charge in [0.15, 0.2) is 4.96 Å². The SMILES string of the molecule is O=C(Nc1ccc(-c2cn3ccsc3n2)cc1)c1ccc(CN2CCCC2=O)cc1. The summed E-state index contributed by atoms with van der Waals surface area (Å²) in [7, 11) is 0. The molecule has 150 valence electrons. The van der Waals surface area contributed by atoms with Crippen molar-refractivity contribution in [1.82, 2.24) is 14.3 Å². The molecule has 0 aliphatic carbocycles. The molecule has 1 aliphatic heterocycles. The van der Waals surface area contributed by atoms with Gasteiger partial charge in [-0.05, 0) is 36.2 Å². The molecule has 4 aromatic rings. The molecule has 1 fully saturated rings. The van der Waals surface area contributed by atoms with Crippen LogP contribution in [0.3, 0.4) is 0 Å². The van der Waals surface area contributed by atoms with Crippen molar-refractivity contribution < 1.29 is 9.59 Å². The predicted octanol–water partition coefficient (Wildman–Crippen LogP) is 4.44. The van der Waals surface area contributed by atoms with Crippen LogP contribution in [0.2, 0.25) is 0 Å². The van der Waals surface area contributed by atoms with Gasteiger partial charge in [-0.15, -0.1) is 11.3 Å². The van der Waals surface area contributed by atoms with Crippen molar-refractivity contribution in [2.24, 2.45) is 0 Å². The van der Waals surface area contributed by atoms with Crippen molar-refractivity contribution in [3.8, 4) is 11.3 Å². The lowest BCUT2D eigenvalue weighted by Crippen LogP contribution is -2.23. The van der Waals surface area contributed by atoms with Gasteiger partial charge in [-0.1, -0.05) is 24.3 Å². The summed E-state index contributed by atoms with van der Waals surface area (Å²) in [6.45, 7) is 1.42. The van der Waals surface area contributed by atoms with Crippen LogP contribution in [-0.2, 0) is 11.3 Å². The number of nitrogens with one attached hydrogen (secondary N) is 1. The first kappa shape index (κ1) is 18.6. The van der Waals surface area contributed by atoms with E-state index in [1.807, 2.05) is 63.5 Å². The molecule has 0 bridgehead atoms. The first-order valence-electron chi connectivity index (χ1n) is 9.86. The van der Waals surface area contributed by atoms with Crippen molar-refractivity contribution in [2.45, 2.75) is 19.4 Å². The third-order valence-corrected chi connectivity index (χ3v) is 6.06. The Balaban J connectivity index is 1.23. The van der Waals surface area contributed by atoms with E-state index in [2.05, 4.69) is 10.3 Å². The highest BCUT2D eigenvalue weighted by Crippen LogP contribution is 2.23. The average molecular weight is 417 g/mol. The van der Waals surface area contributed by atoms with Gasteiger partial charge >= 0.3 is 0 Å². The number of hydrogen-bond acceptors (Lipinski definition) is 4. The molecule has 7 heteroatoms. The molecule has 0 saturated carbocycles. The minimum atomic E-state index is -0.158. The van der Waals surface area contributed by atoms with E-state index in [4.69, 9.17) is 0 Å². The van der Waals surface area contributed by atoms with Crippen LogP contribution in [0, 0.1) is 0 Å². The van der Waals surface area contributed by atoms with Crippen molar-refractivity contribution in [2.75, 3.05) is 11.9 Å². The highest BCUT2D eigenvalue weighted by atomic mass is 32.1. The Bertz CT molecular complexity index is 1180. The molecule has 6 nitrogen and oxygen atoms in total. The van der Waals surface area contributed by atoms with E-state index in [0.717, 1.165) is 40.4 Å². The summed E-state index contributed by atoms with van der Waals surface area (Å²) in [5, 5.41) is 4.93. The molecule has 2 aromatic carbocycles. The summed E-state index contributed by atoms with van der Waals surface area (Å²) in [5.41, 5.74) is 4.27. The first-order valence-corrected chi connectivity index (χ1v) is 10.7. The molecule has 30 heavy (non-hydrogen) atoms. The molecule has 5 rings (SSSR count). The van der Waals surface area contributed by atoms with Crippen molar-refractivity contribution >= 4 is 33.8 Å². The van der Waals surface area contributed by atoms with Crippen LogP contribution >= 0.6 is 11.3 Å². The van der Waals surface area contributed by atoms with E-state index in [1.165, 1.54) is 0 Å². The van der Waals surface area contributed by atoms with E-state index >= 15 is 0 Å². The normalized spacial score (nSPS) is 13.9. The maximum absolute atomic E-state index is 12.6. The number of fused-ring (bicyclic) bond motifs is 1. The number of amides is 2. The van der Waals surface area contributed by atoms with Gasteiger partial charge in [0.2, 0.25) is 5.91 Å². The van der Waals surface area contributed by atoms with Gasteiger partial charge in [-0.2, -0.15) is 0 Å². The number of imidazole rings is 1.